The van der Waals surface area contributed by atoms with Crippen LogP contribution in [0.2, 0.25) is 0 Å². The smallest absolute Gasteiger partial charge is 0.410 e. The molecule has 1 N–H and O–H groups in total. The van der Waals surface area contributed by atoms with Crippen molar-refractivity contribution < 1.29 is 14.1 Å². The van der Waals surface area contributed by atoms with Gasteiger partial charge in [-0.3, -0.25) is 0 Å². The van der Waals surface area contributed by atoms with Gasteiger partial charge in [-0.05, 0) is 56.7 Å². The topological polar surface area (TPSA) is 80.5 Å². The molecule has 0 bridgehead atoms. The highest BCUT2D eigenvalue weighted by Crippen LogP contribution is 2.51. The molecule has 0 spiro atoms. The van der Waals surface area contributed by atoms with Gasteiger partial charge in [-0.1, -0.05) is 48.1 Å². The van der Waals surface area contributed by atoms with Gasteiger partial charge in [0.2, 0.25) is 5.89 Å². The number of aromatic nitrogens is 2. The Bertz CT molecular complexity index is 934. The number of ether oxygens (including phenoxy) is 1. The molecule has 1 saturated heterocycles. The summed E-state index contributed by atoms with van der Waals surface area (Å²) >= 11 is 0. The number of hydrogen-bond donors (Lipinski definition) is 1. The van der Waals surface area contributed by atoms with Gasteiger partial charge in [0.1, 0.15) is 6.61 Å². The van der Waals surface area contributed by atoms with Crippen molar-refractivity contribution in [2.45, 2.75) is 55.9 Å². The molecule has 32 heavy (non-hydrogen) atoms. The number of carbonyl (C=O) groups excluding carboxylic acids is 1. The van der Waals surface area contributed by atoms with Gasteiger partial charge in [-0.25, -0.2) is 4.79 Å². The first-order chi connectivity index (χ1) is 15.7. The highest BCUT2D eigenvalue weighted by molar-refractivity contribution is 5.69. The lowest BCUT2D eigenvalue weighted by molar-refractivity contribution is 0.104. The summed E-state index contributed by atoms with van der Waals surface area (Å²) < 4.78 is 11.1. The molecule has 3 fully saturated rings. The highest BCUT2D eigenvalue weighted by Gasteiger charge is 2.54. The van der Waals surface area contributed by atoms with E-state index in [1.54, 1.807) is 6.08 Å². The summed E-state index contributed by atoms with van der Waals surface area (Å²) in [5.74, 6) is 2.43. The third kappa shape index (κ3) is 4.58. The largest absolute Gasteiger partial charge is 0.445 e. The van der Waals surface area contributed by atoms with Crippen LogP contribution in [0.5, 0.6) is 0 Å². The average Bonchev–Trinajstić information content (AvgIpc) is 3.75. The molecule has 0 radical (unpaired) electrons. The van der Waals surface area contributed by atoms with Crippen LogP contribution in [0.25, 0.3) is 0 Å². The lowest BCUT2D eigenvalue weighted by Crippen LogP contribution is -2.40. The summed E-state index contributed by atoms with van der Waals surface area (Å²) in [6.07, 6.45) is 7.35. The van der Waals surface area contributed by atoms with Gasteiger partial charge in [-0.15, -0.1) is 0 Å². The van der Waals surface area contributed by atoms with Gasteiger partial charge in [0, 0.05) is 24.9 Å². The monoisotopic (exact) mass is 436 g/mol. The van der Waals surface area contributed by atoms with Gasteiger partial charge < -0.3 is 19.5 Å². The second-order valence-electron chi connectivity index (χ2n) is 9.50. The number of piperidine rings is 1. The molecule has 2 heterocycles. The summed E-state index contributed by atoms with van der Waals surface area (Å²) in [6.45, 7) is 6.57. The summed E-state index contributed by atoms with van der Waals surface area (Å²) in [4.78, 5) is 19.6. The van der Waals surface area contributed by atoms with Crippen LogP contribution in [0.3, 0.4) is 0 Å². The normalized spacial score (nSPS) is 24.0. The highest BCUT2D eigenvalue weighted by atomic mass is 16.6. The Labute approximate surface area is 189 Å². The van der Waals surface area contributed by atoms with Crippen molar-refractivity contribution in [3.63, 3.8) is 0 Å². The Morgan fingerprint density at radius 3 is 2.78 bits per heavy atom. The molecule has 2 aromatic rings. The van der Waals surface area contributed by atoms with Crippen LogP contribution in [0.4, 0.5) is 4.79 Å². The standard InChI is InChI=1S/C25H32N4O3/c1-2-14-31-24(30)29(21-16-20(21)19-6-4-3-5-7-19)17-25(10-11-25)23-27-22(32-28-23)15-18-8-12-26-13-9-18/h2-7,18,20-21,26H,1,8-17H2/t20?,21-/m0/s1. The van der Waals surface area contributed by atoms with E-state index in [1.807, 2.05) is 11.0 Å². The third-order valence-corrected chi connectivity index (χ3v) is 7.13. The zero-order valence-electron chi connectivity index (χ0n) is 18.5. The minimum Gasteiger partial charge on any atom is -0.445 e. The number of amides is 1. The van der Waals surface area contributed by atoms with Crippen LogP contribution in [0.15, 0.2) is 47.5 Å². The molecule has 1 unspecified atom stereocenters. The van der Waals surface area contributed by atoms with E-state index in [-0.39, 0.29) is 24.2 Å². The summed E-state index contributed by atoms with van der Waals surface area (Å²) in [5.41, 5.74) is 1.06. The van der Waals surface area contributed by atoms with E-state index >= 15 is 0 Å². The van der Waals surface area contributed by atoms with Crippen LogP contribution in [-0.4, -0.2) is 53.4 Å². The SMILES string of the molecule is C=CCOC(=O)N(CC1(c2noc(CC3CCNCC3)n2)CC1)[C@H]1CC1c1ccccc1. The van der Waals surface area contributed by atoms with E-state index in [2.05, 4.69) is 41.3 Å². The zero-order chi connectivity index (χ0) is 22.0. The number of hydrogen-bond acceptors (Lipinski definition) is 6. The quantitative estimate of drug-likeness (QED) is 0.602. The molecule has 1 amide bonds. The Kier molecular flexibility index (Phi) is 6.00. The number of nitrogens with zero attached hydrogens (tertiary/aromatic N) is 3. The molecule has 7 heteroatoms. The number of rotatable bonds is 9. The number of carbonyl (C=O) groups is 1. The molecule has 1 aliphatic heterocycles. The Hall–Kier alpha value is -2.67. The Morgan fingerprint density at radius 2 is 2.06 bits per heavy atom. The summed E-state index contributed by atoms with van der Waals surface area (Å²) in [5, 5.41) is 7.75. The molecule has 2 aliphatic carbocycles. The van der Waals surface area contributed by atoms with Gasteiger partial charge in [0.15, 0.2) is 5.82 Å². The third-order valence-electron chi connectivity index (χ3n) is 7.13. The van der Waals surface area contributed by atoms with E-state index in [1.165, 1.54) is 5.56 Å². The Morgan fingerprint density at radius 1 is 1.28 bits per heavy atom. The molecule has 5 rings (SSSR count). The van der Waals surface area contributed by atoms with Crippen LogP contribution < -0.4 is 5.32 Å². The molecule has 7 nitrogen and oxygen atoms in total. The maximum Gasteiger partial charge on any atom is 0.410 e. The molecule has 170 valence electrons. The molecule has 3 aliphatic rings. The minimum absolute atomic E-state index is 0.147. The maximum atomic E-state index is 13.0. The average molecular weight is 437 g/mol. The number of nitrogens with one attached hydrogen (secondary N) is 1. The predicted octanol–water partition coefficient (Wildman–Crippen LogP) is 3.82. The van der Waals surface area contributed by atoms with Gasteiger partial charge in [-0.2, -0.15) is 4.98 Å². The minimum atomic E-state index is -0.280. The van der Waals surface area contributed by atoms with Crippen LogP contribution in [0.1, 0.15) is 55.3 Å². The van der Waals surface area contributed by atoms with E-state index in [4.69, 9.17) is 14.2 Å². The Balaban J connectivity index is 1.29. The first kappa shape index (κ1) is 21.2. The van der Waals surface area contributed by atoms with Crippen LogP contribution in [0, 0.1) is 5.92 Å². The lowest BCUT2D eigenvalue weighted by atomic mass is 9.95. The zero-order valence-corrected chi connectivity index (χ0v) is 18.5. The van der Waals surface area contributed by atoms with Crippen molar-refractivity contribution in [3.05, 3.63) is 60.3 Å². The lowest BCUT2D eigenvalue weighted by Gasteiger charge is -2.26. The molecule has 2 atom stereocenters. The molecule has 2 saturated carbocycles. The van der Waals surface area contributed by atoms with Crippen LogP contribution in [-0.2, 0) is 16.6 Å². The van der Waals surface area contributed by atoms with Crippen LogP contribution >= 0.6 is 0 Å². The van der Waals surface area contributed by atoms with Crippen molar-refractivity contribution in [2.75, 3.05) is 26.2 Å². The summed E-state index contributed by atoms with van der Waals surface area (Å²) in [7, 11) is 0. The van der Waals surface area contributed by atoms with E-state index < -0.39 is 0 Å². The first-order valence-corrected chi connectivity index (χ1v) is 11.8. The first-order valence-electron chi connectivity index (χ1n) is 11.8. The maximum absolute atomic E-state index is 13.0. The number of benzene rings is 1. The fourth-order valence-electron chi connectivity index (χ4n) is 4.93. The molecule has 1 aromatic carbocycles. The van der Waals surface area contributed by atoms with E-state index in [9.17, 15) is 4.79 Å². The van der Waals surface area contributed by atoms with Crippen molar-refractivity contribution in [3.8, 4) is 0 Å². The molecular formula is C25H32N4O3. The predicted molar refractivity (Wildman–Crippen MR) is 120 cm³/mol. The van der Waals surface area contributed by atoms with Crippen molar-refractivity contribution in [1.82, 2.24) is 20.4 Å². The fraction of sp³-hybridized carbons (Fsp3) is 0.560. The van der Waals surface area contributed by atoms with Crippen molar-refractivity contribution >= 4 is 6.09 Å². The van der Waals surface area contributed by atoms with Crippen molar-refractivity contribution in [2.24, 2.45) is 5.92 Å². The van der Waals surface area contributed by atoms with Gasteiger partial charge in [0.25, 0.3) is 0 Å². The van der Waals surface area contributed by atoms with Gasteiger partial charge >= 0.3 is 6.09 Å². The van der Waals surface area contributed by atoms with E-state index in [0.717, 1.165) is 63.3 Å². The van der Waals surface area contributed by atoms with E-state index in [0.29, 0.717) is 18.4 Å². The fourth-order valence-corrected chi connectivity index (χ4v) is 4.93. The second kappa shape index (κ2) is 9.06. The second-order valence-corrected chi connectivity index (χ2v) is 9.50. The van der Waals surface area contributed by atoms with Gasteiger partial charge in [0.05, 0.1) is 5.41 Å². The molecular weight excluding hydrogens is 404 g/mol. The van der Waals surface area contributed by atoms with Crippen molar-refractivity contribution in [1.29, 1.82) is 0 Å². The summed E-state index contributed by atoms with van der Waals surface area (Å²) in [6, 6.07) is 10.5. The molecule has 1 aromatic heterocycles.